The average molecular weight is 322 g/mol. The van der Waals surface area contributed by atoms with Gasteiger partial charge in [-0.1, -0.05) is 6.07 Å². The summed E-state index contributed by atoms with van der Waals surface area (Å²) >= 11 is 0. The summed E-state index contributed by atoms with van der Waals surface area (Å²) < 4.78 is 5.11. The monoisotopic (exact) mass is 322 g/mol. The molecule has 24 heavy (non-hydrogen) atoms. The molecule has 7 heteroatoms. The molecule has 3 aromatic rings. The van der Waals surface area contributed by atoms with Crippen molar-refractivity contribution >= 4 is 28.5 Å². The lowest BCUT2D eigenvalue weighted by Gasteiger charge is -2.14. The molecular weight excluding hydrogens is 308 g/mol. The average Bonchev–Trinajstić information content (AvgIpc) is 2.62. The van der Waals surface area contributed by atoms with Crippen molar-refractivity contribution in [3.63, 3.8) is 0 Å². The number of fused-ring (bicyclic) bond motifs is 1. The lowest BCUT2D eigenvalue weighted by atomic mass is 10.2. The number of carbonyl (C=O) groups excluding carboxylic acids is 2. The second-order valence-electron chi connectivity index (χ2n) is 5.00. The fourth-order valence-electron chi connectivity index (χ4n) is 2.13. The molecule has 1 unspecified atom stereocenters. The summed E-state index contributed by atoms with van der Waals surface area (Å²) in [6, 6.07) is 9.05. The number of esters is 1. The highest BCUT2D eigenvalue weighted by Crippen LogP contribution is 2.21. The smallest absolute Gasteiger partial charge is 0.359 e. The minimum atomic E-state index is -0.980. The molecular formula is C17H14N4O3. The van der Waals surface area contributed by atoms with Crippen LogP contribution in [0.2, 0.25) is 0 Å². The predicted molar refractivity (Wildman–Crippen MR) is 87.3 cm³/mol. The number of nitrogens with zero attached hydrogens (tertiary/aromatic N) is 3. The van der Waals surface area contributed by atoms with E-state index in [4.69, 9.17) is 4.74 Å². The number of rotatable bonds is 4. The zero-order valence-corrected chi connectivity index (χ0v) is 12.8. The molecule has 0 aliphatic heterocycles. The topological polar surface area (TPSA) is 94.1 Å². The third kappa shape index (κ3) is 3.35. The van der Waals surface area contributed by atoms with E-state index in [1.54, 1.807) is 24.4 Å². The normalized spacial score (nSPS) is 11.7. The lowest BCUT2D eigenvalue weighted by Crippen LogP contribution is -2.30. The van der Waals surface area contributed by atoms with Gasteiger partial charge in [-0.25, -0.2) is 9.78 Å². The van der Waals surface area contributed by atoms with Gasteiger partial charge in [-0.2, -0.15) is 0 Å². The van der Waals surface area contributed by atoms with Crippen LogP contribution >= 0.6 is 0 Å². The number of nitrogens with one attached hydrogen (secondary N) is 1. The Balaban J connectivity index is 1.71. The third-order valence-corrected chi connectivity index (χ3v) is 3.33. The zero-order valence-electron chi connectivity index (χ0n) is 12.8. The maximum Gasteiger partial charge on any atom is 0.359 e. The number of pyridine rings is 1. The maximum atomic E-state index is 12.3. The van der Waals surface area contributed by atoms with Gasteiger partial charge in [0.15, 0.2) is 11.8 Å². The summed E-state index contributed by atoms with van der Waals surface area (Å²) in [6.07, 6.45) is 4.81. The molecule has 0 saturated carbocycles. The van der Waals surface area contributed by atoms with E-state index in [2.05, 4.69) is 20.3 Å². The summed E-state index contributed by atoms with van der Waals surface area (Å²) in [7, 11) is 0. The first-order valence-electron chi connectivity index (χ1n) is 7.27. The SMILES string of the molecule is CC(OC(=O)c1cnccn1)C(=O)Nc1cccc2ncccc12. The first kappa shape index (κ1) is 15.5. The molecule has 120 valence electrons. The van der Waals surface area contributed by atoms with Crippen LogP contribution in [0.4, 0.5) is 5.69 Å². The van der Waals surface area contributed by atoms with E-state index in [1.165, 1.54) is 25.5 Å². The van der Waals surface area contributed by atoms with Crippen LogP contribution in [-0.4, -0.2) is 32.9 Å². The van der Waals surface area contributed by atoms with Gasteiger partial charge in [0.2, 0.25) is 0 Å². The van der Waals surface area contributed by atoms with E-state index >= 15 is 0 Å². The number of hydrogen-bond donors (Lipinski definition) is 1. The van der Waals surface area contributed by atoms with Crippen molar-refractivity contribution in [3.8, 4) is 0 Å². The Bertz CT molecular complexity index is 878. The number of benzene rings is 1. The van der Waals surface area contributed by atoms with Crippen LogP contribution in [0.25, 0.3) is 10.9 Å². The molecule has 0 fully saturated rings. The van der Waals surface area contributed by atoms with Gasteiger partial charge in [0.1, 0.15) is 0 Å². The molecule has 1 aromatic carbocycles. The van der Waals surface area contributed by atoms with Crippen molar-refractivity contribution in [1.82, 2.24) is 15.0 Å². The van der Waals surface area contributed by atoms with Gasteiger partial charge in [0.25, 0.3) is 5.91 Å². The van der Waals surface area contributed by atoms with E-state index in [1.807, 2.05) is 12.1 Å². The standard InChI is InChI=1S/C17H14N4O3/c1-11(24-17(23)15-10-18-8-9-20-15)16(22)21-14-6-2-5-13-12(14)4-3-7-19-13/h2-11H,1H3,(H,21,22). The Morgan fingerprint density at radius 3 is 2.75 bits per heavy atom. The summed E-state index contributed by atoms with van der Waals surface area (Å²) in [5.41, 5.74) is 1.42. The molecule has 3 rings (SSSR count). The molecule has 0 saturated heterocycles. The molecule has 2 heterocycles. The highest BCUT2D eigenvalue weighted by molar-refractivity contribution is 6.03. The van der Waals surface area contributed by atoms with Crippen LogP contribution < -0.4 is 5.32 Å². The fourth-order valence-corrected chi connectivity index (χ4v) is 2.13. The quantitative estimate of drug-likeness (QED) is 0.740. The van der Waals surface area contributed by atoms with Crippen molar-refractivity contribution < 1.29 is 14.3 Å². The zero-order chi connectivity index (χ0) is 16.9. The molecule has 1 N–H and O–H groups in total. The molecule has 0 radical (unpaired) electrons. The summed E-state index contributed by atoms with van der Waals surface area (Å²) in [5.74, 6) is -1.14. The van der Waals surface area contributed by atoms with Crippen LogP contribution in [0.1, 0.15) is 17.4 Å². The number of anilines is 1. The number of aromatic nitrogens is 3. The van der Waals surface area contributed by atoms with E-state index < -0.39 is 18.0 Å². The minimum Gasteiger partial charge on any atom is -0.448 e. The van der Waals surface area contributed by atoms with Gasteiger partial charge in [-0.05, 0) is 31.2 Å². The maximum absolute atomic E-state index is 12.3. The molecule has 0 aliphatic carbocycles. The molecule has 2 aromatic heterocycles. The van der Waals surface area contributed by atoms with Crippen molar-refractivity contribution in [1.29, 1.82) is 0 Å². The highest BCUT2D eigenvalue weighted by Gasteiger charge is 2.20. The van der Waals surface area contributed by atoms with Crippen LogP contribution in [0.15, 0.2) is 55.1 Å². The predicted octanol–water partition coefficient (Wildman–Crippen LogP) is 2.21. The molecule has 0 bridgehead atoms. The second kappa shape index (κ2) is 6.82. The first-order valence-corrected chi connectivity index (χ1v) is 7.27. The Morgan fingerprint density at radius 2 is 1.96 bits per heavy atom. The highest BCUT2D eigenvalue weighted by atomic mass is 16.5. The Kier molecular flexibility index (Phi) is 4.42. The number of ether oxygens (including phenoxy) is 1. The Hall–Kier alpha value is -3.35. The Labute approximate surface area is 137 Å². The lowest BCUT2D eigenvalue weighted by molar-refractivity contribution is -0.123. The van der Waals surface area contributed by atoms with Gasteiger partial charge in [-0.15, -0.1) is 0 Å². The second-order valence-corrected chi connectivity index (χ2v) is 5.00. The van der Waals surface area contributed by atoms with Gasteiger partial charge in [-0.3, -0.25) is 14.8 Å². The number of carbonyl (C=O) groups is 2. The molecule has 1 amide bonds. The van der Waals surface area contributed by atoms with Crippen molar-refractivity contribution in [3.05, 3.63) is 60.8 Å². The van der Waals surface area contributed by atoms with Crippen molar-refractivity contribution in [2.45, 2.75) is 13.0 Å². The molecule has 1 atom stereocenters. The van der Waals surface area contributed by atoms with Crippen molar-refractivity contribution in [2.75, 3.05) is 5.32 Å². The first-order chi connectivity index (χ1) is 11.6. The van der Waals surface area contributed by atoms with Crippen molar-refractivity contribution in [2.24, 2.45) is 0 Å². The van der Waals surface area contributed by atoms with Crippen LogP contribution in [0, 0.1) is 0 Å². The van der Waals surface area contributed by atoms with E-state index in [-0.39, 0.29) is 5.69 Å². The Morgan fingerprint density at radius 1 is 1.08 bits per heavy atom. The van der Waals surface area contributed by atoms with Gasteiger partial charge in [0.05, 0.1) is 17.4 Å². The van der Waals surface area contributed by atoms with Gasteiger partial charge < -0.3 is 10.1 Å². The van der Waals surface area contributed by atoms with Gasteiger partial charge >= 0.3 is 5.97 Å². The molecule has 0 spiro atoms. The number of amides is 1. The number of hydrogen-bond acceptors (Lipinski definition) is 6. The van der Waals surface area contributed by atoms with E-state index in [0.29, 0.717) is 5.69 Å². The summed E-state index contributed by atoms with van der Waals surface area (Å²) in [5, 5.41) is 3.56. The molecule has 0 aliphatic rings. The fraction of sp³-hybridized carbons (Fsp3) is 0.118. The minimum absolute atomic E-state index is 0.0477. The van der Waals surface area contributed by atoms with Crippen LogP contribution in [-0.2, 0) is 9.53 Å². The summed E-state index contributed by atoms with van der Waals surface area (Å²) in [6.45, 7) is 1.49. The largest absolute Gasteiger partial charge is 0.448 e. The van der Waals surface area contributed by atoms with Crippen LogP contribution in [0.3, 0.4) is 0 Å². The van der Waals surface area contributed by atoms with Gasteiger partial charge in [0, 0.05) is 24.0 Å². The van der Waals surface area contributed by atoms with Crippen LogP contribution in [0.5, 0.6) is 0 Å². The van der Waals surface area contributed by atoms with E-state index in [0.717, 1.165) is 10.9 Å². The van der Waals surface area contributed by atoms with E-state index in [9.17, 15) is 9.59 Å². The summed E-state index contributed by atoms with van der Waals surface area (Å²) in [4.78, 5) is 36.0. The third-order valence-electron chi connectivity index (χ3n) is 3.33. The molecule has 7 nitrogen and oxygen atoms in total.